The molecule has 9 nitrogen and oxygen atoms in total. The number of hydrogen-bond acceptors (Lipinski definition) is 9. The Kier molecular flexibility index (Phi) is 1.65. The molecule has 110 valence electrons. The Morgan fingerprint density at radius 3 is 2.75 bits per heavy atom. The summed E-state index contributed by atoms with van der Waals surface area (Å²) in [4.78, 5) is 4.14. The van der Waals surface area contributed by atoms with Gasteiger partial charge in [-0.15, -0.1) is 0 Å². The van der Waals surface area contributed by atoms with Crippen molar-refractivity contribution in [3.05, 3.63) is 0 Å². The predicted molar refractivity (Wildman–Crippen MR) is 61.0 cm³/mol. The number of ether oxygens (including phenoxy) is 3. The topological polar surface area (TPSA) is 139 Å². The van der Waals surface area contributed by atoms with Gasteiger partial charge < -0.3 is 40.6 Å². The van der Waals surface area contributed by atoms with E-state index in [0.717, 1.165) is 0 Å². The van der Waals surface area contributed by atoms with Gasteiger partial charge in [-0.2, -0.15) is 0 Å². The highest BCUT2D eigenvalue weighted by Gasteiger charge is 2.86. The van der Waals surface area contributed by atoms with E-state index >= 15 is 0 Å². The molecule has 0 aromatic rings. The van der Waals surface area contributed by atoms with Crippen molar-refractivity contribution in [1.82, 2.24) is 5.32 Å². The molecule has 9 atom stereocenters. The van der Waals surface area contributed by atoms with Crippen molar-refractivity contribution in [2.24, 2.45) is 16.6 Å². The third-order valence-electron chi connectivity index (χ3n) is 5.36. The van der Waals surface area contributed by atoms with Gasteiger partial charge in [-0.25, -0.2) is 4.99 Å². The average molecular weight is 285 g/mol. The lowest BCUT2D eigenvalue weighted by Crippen LogP contribution is -2.91. The second kappa shape index (κ2) is 2.82. The third-order valence-corrected chi connectivity index (χ3v) is 5.36. The van der Waals surface area contributed by atoms with Gasteiger partial charge in [-0.1, -0.05) is 0 Å². The van der Waals surface area contributed by atoms with Crippen LogP contribution in [0.1, 0.15) is 6.92 Å². The van der Waals surface area contributed by atoms with E-state index < -0.39 is 53.7 Å². The number of nitrogens with one attached hydrogen (secondary N) is 1. The Hall–Kier alpha value is -0.970. The molecular formula is C11H15N3O6. The molecule has 1 spiro atoms. The summed E-state index contributed by atoms with van der Waals surface area (Å²) in [6, 6.07) is 0. The summed E-state index contributed by atoms with van der Waals surface area (Å²) in [5.74, 6) is -2.34. The minimum atomic E-state index is -2.02. The highest BCUT2D eigenvalue weighted by atomic mass is 16.9. The molecule has 0 aromatic heterocycles. The summed E-state index contributed by atoms with van der Waals surface area (Å²) in [6.07, 6.45) is -4.54. The first-order valence-electron chi connectivity index (χ1n) is 6.56. The standard InChI is InChI=1S/C11H15N3O6/c1-9(16)4-2-6-13-8(12)14-10(2)3(15)5(9)20-11(17,19-4)7(10)18-6/h2-7,15-17H,1H3,(H3,12,13,14)/t2?,3-,4?,5?,6?,7?,9+,10-,11?/m1/s1. The minimum Gasteiger partial charge on any atom is -0.388 e. The molecule has 6 rings (SSSR count). The number of nitrogens with two attached hydrogens (primary N) is 1. The van der Waals surface area contributed by atoms with Crippen LogP contribution >= 0.6 is 0 Å². The molecule has 5 heterocycles. The van der Waals surface area contributed by atoms with Crippen molar-refractivity contribution < 1.29 is 29.5 Å². The van der Waals surface area contributed by atoms with E-state index in [-0.39, 0.29) is 5.96 Å². The van der Waals surface area contributed by atoms with Crippen molar-refractivity contribution in [2.75, 3.05) is 0 Å². The van der Waals surface area contributed by atoms with E-state index in [2.05, 4.69) is 10.3 Å². The fraction of sp³-hybridized carbons (Fsp3) is 0.909. The molecule has 0 radical (unpaired) electrons. The van der Waals surface area contributed by atoms with Gasteiger partial charge >= 0.3 is 5.97 Å². The summed E-state index contributed by atoms with van der Waals surface area (Å²) in [7, 11) is 0. The highest BCUT2D eigenvalue weighted by Crippen LogP contribution is 2.63. The molecule has 20 heavy (non-hydrogen) atoms. The predicted octanol–water partition coefficient (Wildman–Crippen LogP) is -3.45. The lowest BCUT2D eigenvalue weighted by atomic mass is 9.57. The van der Waals surface area contributed by atoms with Gasteiger partial charge in [0.1, 0.15) is 29.5 Å². The fourth-order valence-corrected chi connectivity index (χ4v) is 4.60. The van der Waals surface area contributed by atoms with E-state index in [9.17, 15) is 15.3 Å². The first-order valence-corrected chi connectivity index (χ1v) is 6.56. The molecule has 9 heteroatoms. The van der Waals surface area contributed by atoms with E-state index in [1.165, 1.54) is 6.92 Å². The van der Waals surface area contributed by atoms with Gasteiger partial charge in [0.25, 0.3) is 0 Å². The van der Waals surface area contributed by atoms with Crippen LogP contribution in [0.15, 0.2) is 4.99 Å². The van der Waals surface area contributed by atoms with Crippen LogP contribution < -0.4 is 11.1 Å². The average Bonchev–Trinajstić information content (AvgIpc) is 2.51. The van der Waals surface area contributed by atoms with Gasteiger partial charge in [0, 0.05) is 0 Å². The Labute approximate surface area is 113 Å². The molecule has 5 fully saturated rings. The zero-order valence-corrected chi connectivity index (χ0v) is 10.6. The second-order valence-corrected chi connectivity index (χ2v) is 6.38. The summed E-state index contributed by atoms with van der Waals surface area (Å²) in [5, 5.41) is 34.8. The monoisotopic (exact) mass is 285 g/mol. The van der Waals surface area contributed by atoms with Gasteiger partial charge in [-0.3, -0.25) is 0 Å². The van der Waals surface area contributed by atoms with Crippen LogP contribution in [0.2, 0.25) is 0 Å². The van der Waals surface area contributed by atoms with Gasteiger partial charge in [0.05, 0.1) is 5.92 Å². The molecule has 6 aliphatic rings. The van der Waals surface area contributed by atoms with Crippen molar-refractivity contribution >= 4 is 5.96 Å². The van der Waals surface area contributed by atoms with E-state index in [1.54, 1.807) is 0 Å². The maximum atomic E-state index is 10.7. The van der Waals surface area contributed by atoms with E-state index in [1.807, 2.05) is 0 Å². The lowest BCUT2D eigenvalue weighted by molar-refractivity contribution is -0.526. The smallest absolute Gasteiger partial charge is 0.311 e. The first-order chi connectivity index (χ1) is 9.31. The van der Waals surface area contributed by atoms with Crippen molar-refractivity contribution in [2.45, 2.75) is 54.7 Å². The number of aliphatic hydroxyl groups is 3. The summed E-state index contributed by atoms with van der Waals surface area (Å²) >= 11 is 0. The van der Waals surface area contributed by atoms with Crippen LogP contribution in [0.4, 0.5) is 0 Å². The molecule has 1 saturated carbocycles. The molecule has 0 amide bonds. The molecule has 5 aliphatic heterocycles. The van der Waals surface area contributed by atoms with Crippen LogP contribution in [0.5, 0.6) is 0 Å². The number of nitrogens with zero attached hydrogens (tertiary/aromatic N) is 1. The summed E-state index contributed by atoms with van der Waals surface area (Å²) in [5.41, 5.74) is 3.23. The largest absolute Gasteiger partial charge is 0.388 e. The molecule has 6 N–H and O–H groups in total. The molecule has 4 saturated heterocycles. The highest BCUT2D eigenvalue weighted by molar-refractivity contribution is 5.80. The van der Waals surface area contributed by atoms with Crippen LogP contribution in [0.25, 0.3) is 0 Å². The summed E-state index contributed by atoms with van der Waals surface area (Å²) in [6.45, 7) is 1.51. The molecule has 6 unspecified atom stereocenters. The van der Waals surface area contributed by atoms with Crippen LogP contribution in [-0.2, 0) is 14.2 Å². The zero-order valence-electron chi connectivity index (χ0n) is 10.6. The maximum Gasteiger partial charge on any atom is 0.311 e. The Morgan fingerprint density at radius 1 is 1.30 bits per heavy atom. The molecule has 0 aromatic carbocycles. The number of guanidine groups is 1. The van der Waals surface area contributed by atoms with Crippen molar-refractivity contribution in [1.29, 1.82) is 0 Å². The Bertz CT molecular complexity index is 554. The molecular weight excluding hydrogens is 270 g/mol. The molecule has 1 aliphatic carbocycles. The second-order valence-electron chi connectivity index (χ2n) is 6.38. The maximum absolute atomic E-state index is 10.7. The van der Waals surface area contributed by atoms with Crippen LogP contribution in [0, 0.1) is 5.92 Å². The van der Waals surface area contributed by atoms with Crippen molar-refractivity contribution in [3.8, 4) is 0 Å². The van der Waals surface area contributed by atoms with Gasteiger partial charge in [0.15, 0.2) is 18.3 Å². The third kappa shape index (κ3) is 0.892. The van der Waals surface area contributed by atoms with Crippen LogP contribution in [-0.4, -0.2) is 69.0 Å². The van der Waals surface area contributed by atoms with Gasteiger partial charge in [0.2, 0.25) is 0 Å². The lowest BCUT2D eigenvalue weighted by Gasteiger charge is -2.68. The summed E-state index contributed by atoms with van der Waals surface area (Å²) < 4.78 is 16.6. The van der Waals surface area contributed by atoms with Crippen molar-refractivity contribution in [3.63, 3.8) is 0 Å². The SMILES string of the molecule is C[C@]1(O)C2OC3(O)OC1[C@@H](O)[C@@]14NC(N)=NC(OC31)C24. The normalized spacial score (nSPS) is 68.9. The number of rotatable bonds is 0. The molecule has 7 bridgehead atoms. The van der Waals surface area contributed by atoms with E-state index in [0.29, 0.717) is 0 Å². The number of aliphatic imine (C=N–C) groups is 1. The number of hydrogen-bond donors (Lipinski definition) is 5. The van der Waals surface area contributed by atoms with E-state index in [4.69, 9.17) is 19.9 Å². The minimum absolute atomic E-state index is 0.137. The Balaban J connectivity index is 1.79. The zero-order chi connectivity index (χ0) is 14.1. The number of aliphatic hydroxyl groups excluding tert-OH is 1. The van der Waals surface area contributed by atoms with Gasteiger partial charge in [-0.05, 0) is 6.92 Å². The first kappa shape index (κ1) is 11.7. The Morgan fingerprint density at radius 2 is 2.00 bits per heavy atom. The quantitative estimate of drug-likeness (QED) is 0.310. The van der Waals surface area contributed by atoms with Crippen LogP contribution in [0.3, 0.4) is 0 Å². The fourth-order valence-electron chi connectivity index (χ4n) is 4.60.